The Morgan fingerprint density at radius 2 is 2.00 bits per heavy atom. The first kappa shape index (κ1) is 16.0. The zero-order valence-corrected chi connectivity index (χ0v) is 15.2. The van der Waals surface area contributed by atoms with Crippen molar-refractivity contribution in [3.63, 3.8) is 0 Å². The fourth-order valence-electron chi connectivity index (χ4n) is 2.83. The number of thiazole rings is 1. The molecule has 0 aliphatic carbocycles. The molecule has 3 rings (SSSR count). The summed E-state index contributed by atoms with van der Waals surface area (Å²) in [6.45, 7) is 9.99. The van der Waals surface area contributed by atoms with Crippen molar-refractivity contribution in [1.82, 2.24) is 19.5 Å². The maximum atomic E-state index is 4.84. The number of hydrogen-bond acceptors (Lipinski definition) is 6. The summed E-state index contributed by atoms with van der Waals surface area (Å²) >= 11 is 3.27. The van der Waals surface area contributed by atoms with E-state index in [9.17, 15) is 0 Å². The Labute approximate surface area is 140 Å². The van der Waals surface area contributed by atoms with Crippen LogP contribution in [0.25, 0.3) is 0 Å². The van der Waals surface area contributed by atoms with E-state index in [4.69, 9.17) is 4.98 Å². The number of nitrogens with zero attached hydrogens (tertiary/aromatic N) is 4. The van der Waals surface area contributed by atoms with Crippen molar-refractivity contribution in [3.05, 3.63) is 27.2 Å². The average molecular weight is 337 g/mol. The molecule has 1 fully saturated rings. The highest BCUT2D eigenvalue weighted by molar-refractivity contribution is 7.09. The molecule has 2 aromatic rings. The summed E-state index contributed by atoms with van der Waals surface area (Å²) in [5.41, 5.74) is 2.51. The first-order chi connectivity index (χ1) is 10.5. The lowest BCUT2D eigenvalue weighted by atomic mass is 9.92. The van der Waals surface area contributed by atoms with Crippen molar-refractivity contribution in [1.29, 1.82) is 0 Å². The van der Waals surface area contributed by atoms with Crippen LogP contribution in [0.4, 0.5) is 0 Å². The smallest absolute Gasteiger partial charge is 0.0931 e. The molecule has 2 aromatic heterocycles. The van der Waals surface area contributed by atoms with E-state index >= 15 is 0 Å². The van der Waals surface area contributed by atoms with Gasteiger partial charge in [0, 0.05) is 29.1 Å². The van der Waals surface area contributed by atoms with E-state index in [0.717, 1.165) is 24.6 Å². The molecular formula is C16H24N4S2. The van der Waals surface area contributed by atoms with E-state index in [1.165, 1.54) is 48.2 Å². The quantitative estimate of drug-likeness (QED) is 0.853. The van der Waals surface area contributed by atoms with Gasteiger partial charge in [-0.05, 0) is 43.4 Å². The van der Waals surface area contributed by atoms with Gasteiger partial charge in [0.1, 0.15) is 0 Å². The number of piperidine rings is 1. The molecule has 3 heterocycles. The maximum Gasteiger partial charge on any atom is 0.0931 e. The first-order valence-electron chi connectivity index (χ1n) is 7.94. The minimum absolute atomic E-state index is 0.166. The predicted molar refractivity (Wildman–Crippen MR) is 92.4 cm³/mol. The second kappa shape index (κ2) is 6.72. The molecule has 0 atom stereocenters. The molecule has 22 heavy (non-hydrogen) atoms. The van der Waals surface area contributed by atoms with Gasteiger partial charge in [-0.25, -0.2) is 4.98 Å². The van der Waals surface area contributed by atoms with E-state index in [2.05, 4.69) is 46.0 Å². The molecule has 1 aliphatic rings. The predicted octanol–water partition coefficient (Wildman–Crippen LogP) is 3.75. The van der Waals surface area contributed by atoms with Crippen LogP contribution < -0.4 is 0 Å². The van der Waals surface area contributed by atoms with Crippen molar-refractivity contribution in [2.24, 2.45) is 5.92 Å². The van der Waals surface area contributed by atoms with Gasteiger partial charge in [0.05, 0.1) is 16.4 Å². The molecule has 4 nitrogen and oxygen atoms in total. The Hall–Kier alpha value is -0.850. The van der Waals surface area contributed by atoms with Gasteiger partial charge in [-0.3, -0.25) is 4.90 Å². The van der Waals surface area contributed by atoms with Gasteiger partial charge in [0.15, 0.2) is 0 Å². The number of likely N-dealkylation sites (tertiary alicyclic amines) is 1. The normalized spacial score (nSPS) is 18.0. The zero-order chi connectivity index (χ0) is 15.6. The summed E-state index contributed by atoms with van der Waals surface area (Å²) in [5, 5.41) is 9.74. The molecule has 0 amide bonds. The largest absolute Gasteiger partial charge is 0.297 e. The molecule has 0 unspecified atom stereocenters. The van der Waals surface area contributed by atoms with Crippen LogP contribution in [0.5, 0.6) is 0 Å². The molecule has 0 saturated carbocycles. The van der Waals surface area contributed by atoms with Crippen LogP contribution in [0.1, 0.15) is 50.0 Å². The minimum Gasteiger partial charge on any atom is -0.297 e. The average Bonchev–Trinajstić information content (AvgIpc) is 3.12. The van der Waals surface area contributed by atoms with Crippen LogP contribution in [-0.2, 0) is 18.4 Å². The Kier molecular flexibility index (Phi) is 4.90. The number of rotatable bonds is 4. The molecule has 0 N–H and O–H groups in total. The Bertz CT molecular complexity index is 578. The van der Waals surface area contributed by atoms with Crippen molar-refractivity contribution in [2.75, 3.05) is 13.1 Å². The molecule has 6 heteroatoms. The van der Waals surface area contributed by atoms with Crippen molar-refractivity contribution in [2.45, 2.75) is 52.0 Å². The molecular weight excluding hydrogens is 312 g/mol. The number of hydrogen-bond donors (Lipinski definition) is 0. The lowest BCUT2D eigenvalue weighted by Gasteiger charge is -2.31. The third-order valence-corrected chi connectivity index (χ3v) is 5.71. The fourth-order valence-corrected chi connectivity index (χ4v) is 4.41. The Balaban J connectivity index is 1.48. The zero-order valence-electron chi connectivity index (χ0n) is 13.6. The summed E-state index contributed by atoms with van der Waals surface area (Å²) in [7, 11) is 0. The first-order valence-corrected chi connectivity index (χ1v) is 9.65. The van der Waals surface area contributed by atoms with Gasteiger partial charge >= 0.3 is 0 Å². The monoisotopic (exact) mass is 336 g/mol. The molecule has 0 aromatic carbocycles. The highest BCUT2D eigenvalue weighted by atomic mass is 32.1. The minimum atomic E-state index is 0.166. The lowest BCUT2D eigenvalue weighted by molar-refractivity contribution is 0.175. The van der Waals surface area contributed by atoms with E-state index in [-0.39, 0.29) is 5.41 Å². The van der Waals surface area contributed by atoms with Crippen molar-refractivity contribution >= 4 is 22.9 Å². The fraction of sp³-hybridized carbons (Fsp3) is 0.688. The van der Waals surface area contributed by atoms with Crippen LogP contribution >= 0.6 is 22.9 Å². The lowest BCUT2D eigenvalue weighted by Crippen LogP contribution is -2.34. The standard InChI is InChI=1S/C16H24N4S2/c1-16(2,3)14-11-21-15(17-14)8-12-4-6-20(7-5-12)9-13-10-22-19-18-13/h10-12H,4-9H2,1-3H3. The van der Waals surface area contributed by atoms with Gasteiger partial charge in [-0.15, -0.1) is 16.4 Å². The molecule has 0 spiro atoms. The summed E-state index contributed by atoms with van der Waals surface area (Å²) in [6.07, 6.45) is 3.68. The van der Waals surface area contributed by atoms with E-state index in [0.29, 0.717) is 0 Å². The second-order valence-corrected chi connectivity index (χ2v) is 8.75. The highest BCUT2D eigenvalue weighted by Crippen LogP contribution is 2.28. The third-order valence-electron chi connectivity index (χ3n) is 4.28. The summed E-state index contributed by atoms with van der Waals surface area (Å²) in [6, 6.07) is 0. The highest BCUT2D eigenvalue weighted by Gasteiger charge is 2.22. The van der Waals surface area contributed by atoms with Crippen LogP contribution in [0.15, 0.2) is 10.8 Å². The van der Waals surface area contributed by atoms with Gasteiger partial charge in [-0.1, -0.05) is 25.3 Å². The molecule has 1 saturated heterocycles. The summed E-state index contributed by atoms with van der Waals surface area (Å²) in [5.74, 6) is 0.781. The van der Waals surface area contributed by atoms with Crippen molar-refractivity contribution in [3.8, 4) is 0 Å². The van der Waals surface area contributed by atoms with Gasteiger partial charge in [0.2, 0.25) is 0 Å². The molecule has 1 aliphatic heterocycles. The third kappa shape index (κ3) is 4.12. The van der Waals surface area contributed by atoms with Crippen molar-refractivity contribution < 1.29 is 0 Å². The second-order valence-electron chi connectivity index (χ2n) is 7.20. The van der Waals surface area contributed by atoms with E-state index < -0.39 is 0 Å². The SMILES string of the molecule is CC(C)(C)c1csc(CC2CCN(Cc3csnn3)CC2)n1. The molecule has 0 bridgehead atoms. The van der Waals surface area contributed by atoms with Crippen LogP contribution in [0.2, 0.25) is 0 Å². The summed E-state index contributed by atoms with van der Waals surface area (Å²) < 4.78 is 3.94. The van der Waals surface area contributed by atoms with Crippen LogP contribution in [0.3, 0.4) is 0 Å². The Morgan fingerprint density at radius 1 is 1.23 bits per heavy atom. The van der Waals surface area contributed by atoms with Crippen LogP contribution in [0, 0.1) is 5.92 Å². The van der Waals surface area contributed by atoms with Gasteiger partial charge in [0.25, 0.3) is 0 Å². The Morgan fingerprint density at radius 3 is 2.59 bits per heavy atom. The van der Waals surface area contributed by atoms with Gasteiger partial charge < -0.3 is 0 Å². The van der Waals surface area contributed by atoms with E-state index in [1.807, 2.05) is 11.3 Å². The molecule has 120 valence electrons. The molecule has 0 radical (unpaired) electrons. The van der Waals surface area contributed by atoms with Gasteiger partial charge in [-0.2, -0.15) is 0 Å². The number of aromatic nitrogens is 3. The van der Waals surface area contributed by atoms with Crippen LogP contribution in [-0.4, -0.2) is 32.6 Å². The topological polar surface area (TPSA) is 41.9 Å². The summed E-state index contributed by atoms with van der Waals surface area (Å²) in [4.78, 5) is 7.34. The maximum absolute atomic E-state index is 4.84. The van der Waals surface area contributed by atoms with E-state index in [1.54, 1.807) is 0 Å².